The fraction of sp³-hybridized carbons (Fsp3) is 0.619. The monoisotopic (exact) mass is 353 g/mol. The highest BCUT2D eigenvalue weighted by molar-refractivity contribution is 5.18. The lowest BCUT2D eigenvalue weighted by Gasteiger charge is -2.31. The molecular formula is C21H31N5. The van der Waals surface area contributed by atoms with Gasteiger partial charge in [-0.05, 0) is 76.0 Å². The predicted molar refractivity (Wildman–Crippen MR) is 104 cm³/mol. The van der Waals surface area contributed by atoms with Crippen molar-refractivity contribution >= 4 is 0 Å². The Balaban J connectivity index is 1.29. The molecule has 2 aliphatic rings. The maximum atomic E-state index is 4.64. The molecule has 0 amide bonds. The van der Waals surface area contributed by atoms with Crippen LogP contribution >= 0.6 is 0 Å². The van der Waals surface area contributed by atoms with Crippen molar-refractivity contribution in [2.24, 2.45) is 0 Å². The number of aromatic nitrogens is 3. The Labute approximate surface area is 156 Å². The second-order valence-electron chi connectivity index (χ2n) is 7.83. The molecule has 140 valence electrons. The highest BCUT2D eigenvalue weighted by atomic mass is 15.1. The van der Waals surface area contributed by atoms with Crippen LogP contribution in [-0.2, 0) is 13.0 Å². The van der Waals surface area contributed by atoms with Crippen molar-refractivity contribution in [3.05, 3.63) is 47.0 Å². The lowest BCUT2D eigenvalue weighted by molar-refractivity contribution is 0.201. The number of likely N-dealkylation sites (tertiary alicyclic amines) is 1. The zero-order chi connectivity index (χ0) is 17.8. The molecule has 0 bridgehead atoms. The minimum atomic E-state index is 0.629. The summed E-state index contributed by atoms with van der Waals surface area (Å²) in [4.78, 5) is 7.15. The molecule has 4 heterocycles. The molecule has 2 fully saturated rings. The van der Waals surface area contributed by atoms with Crippen LogP contribution in [-0.4, -0.2) is 46.3 Å². The lowest BCUT2D eigenvalue weighted by Crippen LogP contribution is -2.32. The molecule has 5 nitrogen and oxygen atoms in total. The number of nitrogens with one attached hydrogen (secondary N) is 2. The van der Waals surface area contributed by atoms with Crippen molar-refractivity contribution in [2.45, 2.75) is 57.4 Å². The van der Waals surface area contributed by atoms with Crippen LogP contribution in [0, 0.1) is 0 Å². The molecule has 0 saturated carbocycles. The molecule has 2 aliphatic heterocycles. The summed E-state index contributed by atoms with van der Waals surface area (Å²) in [5.74, 6) is 1.27. The van der Waals surface area contributed by atoms with Gasteiger partial charge in [-0.15, -0.1) is 0 Å². The summed E-state index contributed by atoms with van der Waals surface area (Å²) in [5.41, 5.74) is 5.14. The highest BCUT2D eigenvalue weighted by Gasteiger charge is 2.24. The highest BCUT2D eigenvalue weighted by Crippen LogP contribution is 2.31. The van der Waals surface area contributed by atoms with Gasteiger partial charge in [0.15, 0.2) is 0 Å². The Morgan fingerprint density at radius 2 is 1.88 bits per heavy atom. The first-order chi connectivity index (χ1) is 12.8. The Bertz CT molecular complexity index is 679. The number of piperidine rings is 2. The van der Waals surface area contributed by atoms with Gasteiger partial charge < -0.3 is 5.32 Å². The summed E-state index contributed by atoms with van der Waals surface area (Å²) in [6.45, 7) is 7.68. The summed E-state index contributed by atoms with van der Waals surface area (Å²) >= 11 is 0. The zero-order valence-electron chi connectivity index (χ0n) is 15.9. The molecule has 26 heavy (non-hydrogen) atoms. The maximum absolute atomic E-state index is 4.64. The summed E-state index contributed by atoms with van der Waals surface area (Å²) in [6.07, 6.45) is 7.93. The summed E-state index contributed by atoms with van der Waals surface area (Å²) in [5, 5.41) is 11.4. The van der Waals surface area contributed by atoms with E-state index in [2.05, 4.69) is 50.5 Å². The van der Waals surface area contributed by atoms with E-state index in [0.29, 0.717) is 11.8 Å². The van der Waals surface area contributed by atoms with Crippen LogP contribution in [0.4, 0.5) is 0 Å². The Morgan fingerprint density at radius 1 is 1.08 bits per heavy atom. The molecule has 2 saturated heterocycles. The van der Waals surface area contributed by atoms with E-state index < -0.39 is 0 Å². The maximum Gasteiger partial charge on any atom is 0.0656 e. The third kappa shape index (κ3) is 4.15. The van der Waals surface area contributed by atoms with Crippen LogP contribution in [0.1, 0.15) is 67.1 Å². The molecule has 0 aromatic carbocycles. The molecule has 0 unspecified atom stereocenters. The fourth-order valence-corrected chi connectivity index (χ4v) is 4.28. The first kappa shape index (κ1) is 17.7. The Morgan fingerprint density at radius 3 is 2.58 bits per heavy atom. The van der Waals surface area contributed by atoms with Crippen molar-refractivity contribution in [3.8, 4) is 0 Å². The Kier molecular flexibility index (Phi) is 5.65. The molecule has 0 atom stereocenters. The number of pyridine rings is 1. The minimum Gasteiger partial charge on any atom is -0.317 e. The SMILES string of the molecule is CCc1ccc(CN2CCC(c3cc(C4CCNCC4)n[nH]3)CC2)nc1. The van der Waals surface area contributed by atoms with E-state index in [9.17, 15) is 0 Å². The number of hydrogen-bond acceptors (Lipinski definition) is 4. The van der Waals surface area contributed by atoms with E-state index >= 15 is 0 Å². The Hall–Kier alpha value is -1.72. The van der Waals surface area contributed by atoms with Gasteiger partial charge in [0.1, 0.15) is 0 Å². The van der Waals surface area contributed by atoms with Gasteiger partial charge in [0.2, 0.25) is 0 Å². The van der Waals surface area contributed by atoms with Crippen molar-refractivity contribution in [1.29, 1.82) is 0 Å². The summed E-state index contributed by atoms with van der Waals surface area (Å²) in [6, 6.07) is 6.74. The van der Waals surface area contributed by atoms with E-state index in [1.807, 2.05) is 6.20 Å². The number of rotatable bonds is 5. The zero-order valence-corrected chi connectivity index (χ0v) is 15.9. The first-order valence-electron chi connectivity index (χ1n) is 10.2. The topological polar surface area (TPSA) is 56.8 Å². The number of H-pyrrole nitrogens is 1. The van der Waals surface area contributed by atoms with E-state index in [0.717, 1.165) is 39.1 Å². The van der Waals surface area contributed by atoms with Gasteiger partial charge in [-0.1, -0.05) is 13.0 Å². The standard InChI is InChI=1S/C21H31N5/c1-2-16-3-4-19(23-14-16)15-26-11-7-18(8-12-26)21-13-20(24-25-21)17-5-9-22-10-6-17/h3-4,13-14,17-18,22H,2,5-12,15H2,1H3,(H,24,25). The third-order valence-corrected chi connectivity index (χ3v) is 6.08. The molecule has 0 spiro atoms. The lowest BCUT2D eigenvalue weighted by atomic mass is 9.90. The average Bonchev–Trinajstić information content (AvgIpc) is 3.20. The van der Waals surface area contributed by atoms with Gasteiger partial charge in [0.25, 0.3) is 0 Å². The van der Waals surface area contributed by atoms with E-state index in [1.54, 1.807) is 0 Å². The average molecular weight is 354 g/mol. The molecule has 5 heteroatoms. The quantitative estimate of drug-likeness (QED) is 0.867. The molecule has 2 N–H and O–H groups in total. The van der Waals surface area contributed by atoms with Gasteiger partial charge in [0, 0.05) is 30.3 Å². The van der Waals surface area contributed by atoms with E-state index in [-0.39, 0.29) is 0 Å². The number of hydrogen-bond donors (Lipinski definition) is 2. The van der Waals surface area contributed by atoms with Crippen LogP contribution in [0.2, 0.25) is 0 Å². The van der Waals surface area contributed by atoms with Crippen LogP contribution in [0.5, 0.6) is 0 Å². The number of nitrogens with zero attached hydrogens (tertiary/aromatic N) is 3. The van der Waals surface area contributed by atoms with Gasteiger partial charge in [-0.3, -0.25) is 15.0 Å². The molecule has 0 aliphatic carbocycles. The summed E-state index contributed by atoms with van der Waals surface area (Å²) in [7, 11) is 0. The van der Waals surface area contributed by atoms with Crippen molar-refractivity contribution in [1.82, 2.24) is 25.4 Å². The summed E-state index contributed by atoms with van der Waals surface area (Å²) < 4.78 is 0. The largest absolute Gasteiger partial charge is 0.317 e. The molecule has 2 aromatic heterocycles. The minimum absolute atomic E-state index is 0.629. The normalized spacial score (nSPS) is 20.5. The van der Waals surface area contributed by atoms with Crippen LogP contribution in [0.15, 0.2) is 24.4 Å². The molecule has 4 rings (SSSR count). The molecule has 2 aromatic rings. The van der Waals surface area contributed by atoms with E-state index in [4.69, 9.17) is 0 Å². The first-order valence-corrected chi connectivity index (χ1v) is 10.2. The van der Waals surface area contributed by atoms with Gasteiger partial charge >= 0.3 is 0 Å². The van der Waals surface area contributed by atoms with Crippen LogP contribution in [0.3, 0.4) is 0 Å². The van der Waals surface area contributed by atoms with Crippen LogP contribution in [0.25, 0.3) is 0 Å². The van der Waals surface area contributed by atoms with E-state index in [1.165, 1.54) is 48.3 Å². The smallest absolute Gasteiger partial charge is 0.0656 e. The third-order valence-electron chi connectivity index (χ3n) is 6.08. The number of aryl methyl sites for hydroxylation is 1. The second kappa shape index (κ2) is 8.31. The number of aromatic amines is 1. The van der Waals surface area contributed by atoms with Crippen LogP contribution < -0.4 is 5.32 Å². The van der Waals surface area contributed by atoms with Crippen molar-refractivity contribution in [2.75, 3.05) is 26.2 Å². The van der Waals surface area contributed by atoms with Gasteiger partial charge in [-0.25, -0.2) is 0 Å². The van der Waals surface area contributed by atoms with Crippen molar-refractivity contribution in [3.63, 3.8) is 0 Å². The molecule has 0 radical (unpaired) electrons. The van der Waals surface area contributed by atoms with Gasteiger partial charge in [-0.2, -0.15) is 5.10 Å². The van der Waals surface area contributed by atoms with Crippen molar-refractivity contribution < 1.29 is 0 Å². The molecular weight excluding hydrogens is 322 g/mol. The predicted octanol–water partition coefficient (Wildman–Crippen LogP) is 3.21. The second-order valence-corrected chi connectivity index (χ2v) is 7.83. The van der Waals surface area contributed by atoms with Gasteiger partial charge in [0.05, 0.1) is 11.4 Å². The fourth-order valence-electron chi connectivity index (χ4n) is 4.28.